The Labute approximate surface area is 116 Å². The SMILES string of the molecule is O=C(Nc1ccc(Cl)cc1)C1CCn2cncc2C1. The van der Waals surface area contributed by atoms with E-state index in [9.17, 15) is 4.79 Å². The number of fused-ring (bicyclic) bond motifs is 1. The van der Waals surface area contributed by atoms with Crippen molar-refractivity contribution in [1.29, 1.82) is 0 Å². The maximum atomic E-state index is 12.2. The van der Waals surface area contributed by atoms with Gasteiger partial charge in [-0.05, 0) is 30.7 Å². The zero-order valence-corrected chi connectivity index (χ0v) is 11.1. The van der Waals surface area contributed by atoms with Gasteiger partial charge in [0.15, 0.2) is 0 Å². The molecule has 0 bridgehead atoms. The number of rotatable bonds is 2. The first-order valence-electron chi connectivity index (χ1n) is 6.28. The molecule has 1 N–H and O–H groups in total. The van der Waals surface area contributed by atoms with Crippen LogP contribution in [0.25, 0.3) is 0 Å². The van der Waals surface area contributed by atoms with Gasteiger partial charge >= 0.3 is 0 Å². The van der Waals surface area contributed by atoms with Crippen LogP contribution in [0.15, 0.2) is 36.8 Å². The Balaban J connectivity index is 1.67. The van der Waals surface area contributed by atoms with Crippen molar-refractivity contribution < 1.29 is 4.79 Å². The van der Waals surface area contributed by atoms with Crippen molar-refractivity contribution in [3.8, 4) is 0 Å². The maximum Gasteiger partial charge on any atom is 0.227 e. The van der Waals surface area contributed by atoms with E-state index in [1.807, 2.05) is 24.7 Å². The van der Waals surface area contributed by atoms with E-state index in [0.29, 0.717) is 5.02 Å². The molecule has 5 heteroatoms. The molecule has 1 atom stereocenters. The number of carbonyl (C=O) groups is 1. The fraction of sp³-hybridized carbons (Fsp3) is 0.286. The van der Waals surface area contributed by atoms with Gasteiger partial charge in [-0.25, -0.2) is 4.98 Å². The highest BCUT2D eigenvalue weighted by Crippen LogP contribution is 2.22. The molecule has 1 unspecified atom stereocenters. The minimum absolute atomic E-state index is 0.0138. The lowest BCUT2D eigenvalue weighted by atomic mass is 9.95. The van der Waals surface area contributed by atoms with E-state index in [2.05, 4.69) is 14.9 Å². The zero-order valence-electron chi connectivity index (χ0n) is 10.3. The van der Waals surface area contributed by atoms with Gasteiger partial charge in [0.25, 0.3) is 0 Å². The normalized spacial score (nSPS) is 17.8. The molecule has 98 valence electrons. The van der Waals surface area contributed by atoms with Gasteiger partial charge in [-0.15, -0.1) is 0 Å². The molecule has 3 rings (SSSR count). The summed E-state index contributed by atoms with van der Waals surface area (Å²) in [6, 6.07) is 7.17. The Bertz CT molecular complexity index is 591. The van der Waals surface area contributed by atoms with Gasteiger partial charge in [0.2, 0.25) is 5.91 Å². The fourth-order valence-electron chi connectivity index (χ4n) is 2.37. The lowest BCUT2D eigenvalue weighted by molar-refractivity contribution is -0.120. The Morgan fingerprint density at radius 2 is 2.16 bits per heavy atom. The van der Waals surface area contributed by atoms with Crippen LogP contribution in [0.2, 0.25) is 5.02 Å². The smallest absolute Gasteiger partial charge is 0.227 e. The number of hydrogen-bond donors (Lipinski definition) is 1. The summed E-state index contributed by atoms with van der Waals surface area (Å²) < 4.78 is 2.10. The lowest BCUT2D eigenvalue weighted by Gasteiger charge is -2.22. The highest BCUT2D eigenvalue weighted by atomic mass is 35.5. The number of anilines is 1. The average molecular weight is 276 g/mol. The van der Waals surface area contributed by atoms with Crippen LogP contribution in [-0.2, 0) is 17.8 Å². The van der Waals surface area contributed by atoms with Crippen molar-refractivity contribution in [1.82, 2.24) is 9.55 Å². The number of amides is 1. The summed E-state index contributed by atoms with van der Waals surface area (Å²) in [5, 5.41) is 3.60. The Morgan fingerprint density at radius 1 is 1.37 bits per heavy atom. The number of nitrogens with one attached hydrogen (secondary N) is 1. The van der Waals surface area contributed by atoms with E-state index < -0.39 is 0 Å². The molecular weight excluding hydrogens is 262 g/mol. The molecule has 2 heterocycles. The van der Waals surface area contributed by atoms with Gasteiger partial charge in [0.05, 0.1) is 6.33 Å². The molecule has 0 radical (unpaired) electrons. The van der Waals surface area contributed by atoms with Crippen molar-refractivity contribution in [2.75, 3.05) is 5.32 Å². The molecule has 1 aliphatic rings. The third kappa shape index (κ3) is 2.63. The second-order valence-electron chi connectivity index (χ2n) is 4.76. The summed E-state index contributed by atoms with van der Waals surface area (Å²) in [5.41, 5.74) is 1.91. The molecule has 1 aliphatic heterocycles. The van der Waals surface area contributed by atoms with E-state index in [1.54, 1.807) is 12.1 Å². The van der Waals surface area contributed by atoms with Crippen LogP contribution in [-0.4, -0.2) is 15.5 Å². The fourth-order valence-corrected chi connectivity index (χ4v) is 2.50. The second kappa shape index (κ2) is 5.05. The lowest BCUT2D eigenvalue weighted by Crippen LogP contribution is -2.29. The van der Waals surface area contributed by atoms with Crippen molar-refractivity contribution in [3.05, 3.63) is 47.5 Å². The maximum absolute atomic E-state index is 12.2. The number of carbonyl (C=O) groups excluding carboxylic acids is 1. The molecule has 2 aromatic rings. The third-order valence-electron chi connectivity index (χ3n) is 3.46. The molecule has 19 heavy (non-hydrogen) atoms. The van der Waals surface area contributed by atoms with Crippen LogP contribution in [0.1, 0.15) is 12.1 Å². The van der Waals surface area contributed by atoms with Crippen LogP contribution in [0, 0.1) is 5.92 Å². The number of nitrogens with zero attached hydrogens (tertiary/aromatic N) is 2. The summed E-state index contributed by atoms with van der Waals surface area (Å²) in [5.74, 6) is 0.0784. The van der Waals surface area contributed by atoms with Gasteiger partial charge in [0.1, 0.15) is 0 Å². The number of aryl methyl sites for hydroxylation is 1. The van der Waals surface area contributed by atoms with E-state index in [0.717, 1.165) is 30.8 Å². The van der Waals surface area contributed by atoms with Crippen LogP contribution in [0.4, 0.5) is 5.69 Å². The first kappa shape index (κ1) is 12.2. The quantitative estimate of drug-likeness (QED) is 0.916. The van der Waals surface area contributed by atoms with Crippen LogP contribution in [0.5, 0.6) is 0 Å². The predicted molar refractivity (Wildman–Crippen MR) is 74.1 cm³/mol. The molecule has 1 aromatic carbocycles. The molecular formula is C14H14ClN3O. The molecule has 0 spiro atoms. The highest BCUT2D eigenvalue weighted by molar-refractivity contribution is 6.30. The molecule has 4 nitrogen and oxygen atoms in total. The number of aromatic nitrogens is 2. The number of imidazole rings is 1. The van der Waals surface area contributed by atoms with Gasteiger partial charge in [0, 0.05) is 41.5 Å². The highest BCUT2D eigenvalue weighted by Gasteiger charge is 2.24. The van der Waals surface area contributed by atoms with Crippen molar-refractivity contribution in [3.63, 3.8) is 0 Å². The summed E-state index contributed by atoms with van der Waals surface area (Å²) in [4.78, 5) is 16.3. The number of benzene rings is 1. The number of hydrogen-bond acceptors (Lipinski definition) is 2. The number of halogens is 1. The Morgan fingerprint density at radius 3 is 2.95 bits per heavy atom. The van der Waals surface area contributed by atoms with Gasteiger partial charge in [-0.1, -0.05) is 11.6 Å². The Kier molecular flexibility index (Phi) is 3.25. The van der Waals surface area contributed by atoms with E-state index in [4.69, 9.17) is 11.6 Å². The summed E-state index contributed by atoms with van der Waals surface area (Å²) in [6.07, 6.45) is 5.26. The second-order valence-corrected chi connectivity index (χ2v) is 5.20. The molecule has 1 aromatic heterocycles. The van der Waals surface area contributed by atoms with Crippen molar-refractivity contribution in [2.45, 2.75) is 19.4 Å². The van der Waals surface area contributed by atoms with E-state index >= 15 is 0 Å². The monoisotopic (exact) mass is 275 g/mol. The molecule has 0 fully saturated rings. The van der Waals surface area contributed by atoms with Gasteiger partial charge in [-0.2, -0.15) is 0 Å². The molecule has 0 aliphatic carbocycles. The zero-order chi connectivity index (χ0) is 13.2. The molecule has 0 saturated heterocycles. The Hall–Kier alpha value is -1.81. The van der Waals surface area contributed by atoms with E-state index in [1.165, 1.54) is 0 Å². The topological polar surface area (TPSA) is 46.9 Å². The van der Waals surface area contributed by atoms with Gasteiger partial charge in [-0.3, -0.25) is 4.79 Å². The summed E-state index contributed by atoms with van der Waals surface area (Å²) >= 11 is 5.82. The first-order chi connectivity index (χ1) is 9.22. The predicted octanol–water partition coefficient (Wildman–Crippen LogP) is 2.74. The van der Waals surface area contributed by atoms with Gasteiger partial charge < -0.3 is 9.88 Å². The average Bonchev–Trinajstić information content (AvgIpc) is 2.88. The molecule has 1 amide bonds. The summed E-state index contributed by atoms with van der Waals surface area (Å²) in [7, 11) is 0. The standard InChI is InChI=1S/C14H14ClN3O/c15-11-1-3-12(4-2-11)17-14(19)10-5-6-18-9-16-8-13(18)7-10/h1-4,8-10H,5-7H2,(H,17,19). The largest absolute Gasteiger partial charge is 0.335 e. The van der Waals surface area contributed by atoms with Crippen LogP contribution >= 0.6 is 11.6 Å². The van der Waals surface area contributed by atoms with Crippen molar-refractivity contribution >= 4 is 23.2 Å². The first-order valence-corrected chi connectivity index (χ1v) is 6.65. The summed E-state index contributed by atoms with van der Waals surface area (Å²) in [6.45, 7) is 0.855. The van der Waals surface area contributed by atoms with E-state index in [-0.39, 0.29) is 11.8 Å². The van der Waals surface area contributed by atoms with Crippen LogP contribution < -0.4 is 5.32 Å². The molecule has 0 saturated carbocycles. The van der Waals surface area contributed by atoms with Crippen LogP contribution in [0.3, 0.4) is 0 Å². The minimum Gasteiger partial charge on any atom is -0.335 e. The third-order valence-corrected chi connectivity index (χ3v) is 3.71. The van der Waals surface area contributed by atoms with Crippen molar-refractivity contribution in [2.24, 2.45) is 5.92 Å². The minimum atomic E-state index is 0.0138.